The maximum absolute atomic E-state index is 14.3. The lowest BCUT2D eigenvalue weighted by Gasteiger charge is -2.49. The first-order chi connectivity index (χ1) is 50.4. The fourth-order valence-corrected chi connectivity index (χ4v) is 17.3. The zero-order chi connectivity index (χ0) is 82.9. The van der Waals surface area contributed by atoms with Crippen LogP contribution in [0.25, 0.3) is 0 Å². The van der Waals surface area contributed by atoms with Crippen LogP contribution in [0.5, 0.6) is 0 Å². The number of esters is 2. The van der Waals surface area contributed by atoms with Crippen LogP contribution >= 0.6 is 0 Å². The van der Waals surface area contributed by atoms with Crippen molar-refractivity contribution in [3.05, 3.63) is 0 Å². The fraction of sp³-hybridized carbons (Fsp3) is 0.949. The molecule has 0 bridgehead atoms. The first kappa shape index (κ1) is 96.7. The van der Waals surface area contributed by atoms with E-state index < -0.39 is 209 Å². The lowest BCUT2D eigenvalue weighted by atomic mass is 9.73. The number of nitrogens with zero attached hydrogens (tertiary/aromatic N) is 3. The number of ether oxygens (including phenoxy) is 14. The van der Waals surface area contributed by atoms with E-state index in [1.54, 1.807) is 97.1 Å². The van der Waals surface area contributed by atoms with E-state index in [9.17, 15) is 65.4 Å². The van der Waals surface area contributed by atoms with Crippen molar-refractivity contribution in [2.75, 3.05) is 69.5 Å². The molecule has 0 radical (unpaired) electrons. The number of aliphatic hydroxyl groups excluding tert-OH is 6. The van der Waals surface area contributed by atoms with Crippen LogP contribution in [-0.4, -0.2) is 322 Å². The van der Waals surface area contributed by atoms with Crippen LogP contribution in [0, 0.1) is 47.3 Å². The summed E-state index contributed by atoms with van der Waals surface area (Å²) < 4.78 is 85.2. The zero-order valence-electron chi connectivity index (χ0n) is 70.3. The van der Waals surface area contributed by atoms with Crippen LogP contribution in [0.4, 0.5) is 0 Å². The summed E-state index contributed by atoms with van der Waals surface area (Å²) in [4.78, 5) is 51.6. The molecule has 0 unspecified atom stereocenters. The highest BCUT2D eigenvalue weighted by atomic mass is 16.8. The Labute approximate surface area is 647 Å². The summed E-state index contributed by atoms with van der Waals surface area (Å²) in [5.41, 5.74) is -9.33. The molecule has 10 N–H and O–H groups in total. The second-order valence-electron chi connectivity index (χ2n) is 34.2. The Kier molecular flexibility index (Phi) is 35.8. The molecule has 0 aromatic carbocycles. The number of rotatable bonds is 20. The van der Waals surface area contributed by atoms with Crippen LogP contribution in [0.15, 0.2) is 5.16 Å². The highest BCUT2D eigenvalue weighted by molar-refractivity contribution is 5.89. The van der Waals surface area contributed by atoms with Gasteiger partial charge in [0.1, 0.15) is 53.6 Å². The molecular formula is C78H143N3O28. The Morgan fingerprint density at radius 2 is 0.862 bits per heavy atom. The third-order valence-electron chi connectivity index (χ3n) is 24.4. The van der Waals surface area contributed by atoms with Gasteiger partial charge < -0.3 is 132 Å². The summed E-state index contributed by atoms with van der Waals surface area (Å²) >= 11 is 0. The molecule has 6 rings (SSSR count). The van der Waals surface area contributed by atoms with Crippen molar-refractivity contribution >= 4 is 23.4 Å². The number of ketones is 1. The lowest BCUT2D eigenvalue weighted by molar-refractivity contribution is -0.318. The highest BCUT2D eigenvalue weighted by Crippen LogP contribution is 2.45. The average molecular weight is 1570 g/mol. The number of methoxy groups -OCH3 is 3. The first-order valence-electron chi connectivity index (χ1n) is 39.3. The number of hydrogen-bond donors (Lipinski definition) is 10. The molecule has 638 valence electrons. The van der Waals surface area contributed by atoms with Gasteiger partial charge in [0, 0.05) is 81.8 Å². The molecule has 31 heteroatoms. The number of carbonyl (C=O) groups excluding carboxylic acids is 3. The van der Waals surface area contributed by atoms with E-state index in [-0.39, 0.29) is 76.2 Å². The normalized spacial score (nSPS) is 47.7. The number of cyclic esters (lactones) is 2. The predicted octanol–water partition coefficient (Wildman–Crippen LogP) is 4.00. The van der Waals surface area contributed by atoms with Crippen LogP contribution < -0.4 is 0 Å². The van der Waals surface area contributed by atoms with E-state index in [1.165, 1.54) is 41.9 Å². The SMILES string of the molecule is CC[C@H]1OC(=O)[C@H](C)[C@@H](O[C@H]2C[C@@](C)(OC)[C@@H](O)[C@H](C)O2)[C@H](C)[C@@H](O[C@@H]2O[C@H](C)C[C@H](N(C)C)[C@H]2O)[C@](C)(O)C[C@@H](C)/C(=N/OCOCCOC)[C@H](C)[C@@H](O)[C@]1(C)O.CC[C@H]1OC(=O)[C@H](C)[C@@H](O[C@H]2C[C@@](C)(OC)[C@@H](O)[C@H](C)O2)[C@H](C)[C@@H](O[C@@H]2O[C@H](C)C[C@H](N(C)C)[C@H]2O)[C@](C)(O)C[C@@H](C)C(=O)[C@H](C)[C@@H](O)[C@]1(C)O. The van der Waals surface area contributed by atoms with Crippen LogP contribution in [0.3, 0.4) is 0 Å². The minimum Gasteiger partial charge on any atom is -0.459 e. The molecule has 0 aromatic rings. The molecule has 0 amide bonds. The first-order valence-corrected chi connectivity index (χ1v) is 39.3. The molecule has 0 aliphatic carbocycles. The van der Waals surface area contributed by atoms with Crippen molar-refractivity contribution in [1.82, 2.24) is 9.80 Å². The second-order valence-corrected chi connectivity index (χ2v) is 34.2. The smallest absolute Gasteiger partial charge is 0.311 e. The van der Waals surface area contributed by atoms with Crippen molar-refractivity contribution in [2.45, 2.75) is 358 Å². The summed E-state index contributed by atoms with van der Waals surface area (Å²) in [6.45, 7) is 33.6. The summed E-state index contributed by atoms with van der Waals surface area (Å²) in [5.74, 6) is -9.12. The van der Waals surface area contributed by atoms with Gasteiger partial charge >= 0.3 is 11.9 Å². The summed E-state index contributed by atoms with van der Waals surface area (Å²) in [6.07, 6.45) is -19.2. The van der Waals surface area contributed by atoms with E-state index in [2.05, 4.69) is 5.16 Å². The quantitative estimate of drug-likeness (QED) is 0.0356. The Morgan fingerprint density at radius 3 is 1.22 bits per heavy atom. The third-order valence-corrected chi connectivity index (χ3v) is 24.4. The molecule has 6 fully saturated rings. The molecule has 0 saturated carbocycles. The number of likely N-dealkylation sites (N-methyl/N-ethyl adjacent to an activating group) is 2. The van der Waals surface area contributed by atoms with Gasteiger partial charge in [-0.3, -0.25) is 14.4 Å². The summed E-state index contributed by atoms with van der Waals surface area (Å²) in [6, 6.07) is -0.652. The summed E-state index contributed by atoms with van der Waals surface area (Å²) in [5, 5.41) is 121. The van der Waals surface area contributed by atoms with Crippen LogP contribution in [0.2, 0.25) is 0 Å². The van der Waals surface area contributed by atoms with Crippen molar-refractivity contribution in [1.29, 1.82) is 0 Å². The van der Waals surface area contributed by atoms with Gasteiger partial charge in [-0.15, -0.1) is 0 Å². The van der Waals surface area contributed by atoms with E-state index in [0.29, 0.717) is 25.2 Å². The minimum absolute atomic E-state index is 0.0307. The van der Waals surface area contributed by atoms with Gasteiger partial charge in [-0.25, -0.2) is 0 Å². The summed E-state index contributed by atoms with van der Waals surface area (Å²) in [7, 11) is 11.9. The lowest BCUT2D eigenvalue weighted by Crippen LogP contribution is -2.61. The van der Waals surface area contributed by atoms with E-state index in [0.717, 1.165) is 0 Å². The Balaban J connectivity index is 0.000000394. The minimum atomic E-state index is -1.99. The zero-order valence-corrected chi connectivity index (χ0v) is 70.3. The fourth-order valence-electron chi connectivity index (χ4n) is 17.3. The average Bonchev–Trinajstić information content (AvgIpc) is 0.777. The van der Waals surface area contributed by atoms with Gasteiger partial charge in [0.2, 0.25) is 6.79 Å². The topological polar surface area (TPSA) is 411 Å². The maximum Gasteiger partial charge on any atom is 0.311 e. The van der Waals surface area contributed by atoms with Crippen LogP contribution in [-0.2, 0) is 85.5 Å². The van der Waals surface area contributed by atoms with Gasteiger partial charge in [-0.2, -0.15) is 0 Å². The third kappa shape index (κ3) is 23.3. The molecular weight excluding hydrogens is 1430 g/mol. The number of Topliss-reactive ketones (excluding diaryl/α,β-unsaturated/α-hetero) is 1. The van der Waals surface area contributed by atoms with Gasteiger partial charge in [0.25, 0.3) is 0 Å². The van der Waals surface area contributed by atoms with Gasteiger partial charge in [0.15, 0.2) is 25.2 Å². The molecule has 36 atom stereocenters. The number of hydrogen-bond acceptors (Lipinski definition) is 31. The van der Waals surface area contributed by atoms with Gasteiger partial charge in [-0.1, -0.05) is 60.5 Å². The molecule has 0 aromatic heterocycles. The largest absolute Gasteiger partial charge is 0.459 e. The Hall–Kier alpha value is -2.88. The molecule has 6 aliphatic rings. The second kappa shape index (κ2) is 40.3. The standard InChI is InChI=1S/C41H76N2O15.C37H67NO13/c1-15-29-41(10,49)34(45)24(4)31(42-53-21-52-17-16-50-13)22(2)19-39(8,48)36(58-38-32(44)28(43(11)12)18-23(3)54-38)25(5)33(26(6)37(47)56-29)57-30-20-40(9,51-14)35(46)27(7)55-30;1-14-25-37(10,45)30(41)20(4)27(39)18(2)16-35(8,44)32(51-34-28(40)24(38(11)12)15-19(3)47-34)21(5)29(22(6)33(43)49-25)50-26-17-36(9,46-13)31(42)23(7)48-26/h22-30,32-36,38,44-46,48-49H,15-21H2,1-14H3;18-26,28-32,34,40-42,44-45H,14-17H2,1-13H3/b42-31-;/t22-,23-,24+,25+,26-,27+,28+,29-,30+,32-,33+,34-,35+,36-,38+,39-,40-,41-;18-,19-,20+,21+,22-,23+,24+,25-,26+,28-,29+,30-,31+,32-,34+,35-,36-,37-/m11/s1. The van der Waals surface area contributed by atoms with Gasteiger partial charge in [0.05, 0.1) is 114 Å². The Morgan fingerprint density at radius 1 is 0.486 bits per heavy atom. The maximum atomic E-state index is 14.3. The molecule has 6 aliphatic heterocycles. The predicted molar refractivity (Wildman–Crippen MR) is 399 cm³/mol. The van der Waals surface area contributed by atoms with E-state index >= 15 is 0 Å². The van der Waals surface area contributed by atoms with Crippen molar-refractivity contribution in [3.8, 4) is 0 Å². The molecule has 6 saturated heterocycles. The van der Waals surface area contributed by atoms with E-state index in [4.69, 9.17) is 71.2 Å². The molecule has 0 spiro atoms. The molecule has 109 heavy (non-hydrogen) atoms. The number of carbonyl (C=O) groups is 3. The van der Waals surface area contributed by atoms with E-state index in [1.807, 2.05) is 58.8 Å². The van der Waals surface area contributed by atoms with Crippen molar-refractivity contribution in [3.63, 3.8) is 0 Å². The molecule has 6 heterocycles. The number of oxime groups is 1. The molecule has 31 nitrogen and oxygen atoms in total. The van der Waals surface area contributed by atoms with Crippen molar-refractivity contribution in [2.24, 2.45) is 52.5 Å². The highest BCUT2D eigenvalue weighted by Gasteiger charge is 2.57. The monoisotopic (exact) mass is 1570 g/mol. The van der Waals surface area contributed by atoms with Crippen molar-refractivity contribution < 1.29 is 137 Å². The van der Waals surface area contributed by atoms with Crippen LogP contribution in [0.1, 0.15) is 190 Å². The van der Waals surface area contributed by atoms with Gasteiger partial charge in [-0.05, 0) is 150 Å². The Bertz CT molecular complexity index is 2840. The number of aliphatic hydroxyl groups is 10.